The van der Waals surface area contributed by atoms with Gasteiger partial charge in [0.15, 0.2) is 0 Å². The van der Waals surface area contributed by atoms with Crippen molar-refractivity contribution in [3.8, 4) is 0 Å². The summed E-state index contributed by atoms with van der Waals surface area (Å²) in [6, 6.07) is 9.29. The van der Waals surface area contributed by atoms with Gasteiger partial charge in [-0.3, -0.25) is 4.79 Å². The lowest BCUT2D eigenvalue weighted by Crippen LogP contribution is -2.35. The molecular weight excluding hydrogens is 218 g/mol. The second kappa shape index (κ2) is 6.48. The van der Waals surface area contributed by atoms with Gasteiger partial charge in [0.2, 0.25) is 5.91 Å². The minimum atomic E-state index is -0.652. The van der Waals surface area contributed by atoms with E-state index in [-0.39, 0.29) is 19.1 Å². The monoisotopic (exact) mass is 233 g/mol. The summed E-state index contributed by atoms with van der Waals surface area (Å²) in [6.45, 7) is 5.10. The van der Waals surface area contributed by atoms with E-state index in [1.165, 1.54) is 13.0 Å². The van der Waals surface area contributed by atoms with Crippen molar-refractivity contribution >= 4 is 12.0 Å². The number of nitrogens with zero attached hydrogens (tertiary/aromatic N) is 1. The van der Waals surface area contributed by atoms with Gasteiger partial charge >= 0.3 is 6.09 Å². The van der Waals surface area contributed by atoms with Gasteiger partial charge in [-0.15, -0.1) is 6.58 Å². The van der Waals surface area contributed by atoms with Crippen molar-refractivity contribution in [1.82, 2.24) is 4.90 Å². The van der Waals surface area contributed by atoms with Gasteiger partial charge in [0, 0.05) is 13.5 Å². The summed E-state index contributed by atoms with van der Waals surface area (Å²) in [4.78, 5) is 23.7. The second-order valence-electron chi connectivity index (χ2n) is 3.46. The molecule has 0 bridgehead atoms. The van der Waals surface area contributed by atoms with E-state index in [0.717, 1.165) is 10.5 Å². The van der Waals surface area contributed by atoms with E-state index in [2.05, 4.69) is 6.58 Å². The molecule has 0 spiro atoms. The average molecular weight is 233 g/mol. The molecule has 0 N–H and O–H groups in total. The first-order chi connectivity index (χ1) is 8.15. The molecule has 0 radical (unpaired) electrons. The molecular formula is C13H15NO3. The number of carbonyl (C=O) groups excluding carboxylic acids is 2. The molecule has 0 heterocycles. The van der Waals surface area contributed by atoms with Gasteiger partial charge in [0.05, 0.1) is 0 Å². The number of imide groups is 1. The highest BCUT2D eigenvalue weighted by Gasteiger charge is 2.17. The maximum absolute atomic E-state index is 11.6. The number of ether oxygens (including phenoxy) is 1. The SMILES string of the molecule is C=CCN(C(C)=O)C(=O)OCc1ccccc1. The number of rotatable bonds is 4. The van der Waals surface area contributed by atoms with Crippen molar-refractivity contribution in [2.75, 3.05) is 6.54 Å². The van der Waals surface area contributed by atoms with E-state index in [1.54, 1.807) is 0 Å². The third kappa shape index (κ3) is 4.10. The van der Waals surface area contributed by atoms with Crippen LogP contribution in [0.2, 0.25) is 0 Å². The Kier molecular flexibility index (Phi) is 4.94. The molecule has 2 amide bonds. The highest BCUT2D eigenvalue weighted by atomic mass is 16.6. The van der Waals surface area contributed by atoms with Crippen molar-refractivity contribution < 1.29 is 14.3 Å². The van der Waals surface area contributed by atoms with Crippen molar-refractivity contribution in [3.63, 3.8) is 0 Å². The van der Waals surface area contributed by atoms with Crippen LogP contribution in [0, 0.1) is 0 Å². The topological polar surface area (TPSA) is 46.6 Å². The smallest absolute Gasteiger partial charge is 0.417 e. The number of carbonyl (C=O) groups is 2. The first-order valence-electron chi connectivity index (χ1n) is 5.25. The lowest BCUT2D eigenvalue weighted by molar-refractivity contribution is -0.126. The minimum absolute atomic E-state index is 0.153. The molecule has 1 aromatic carbocycles. The molecule has 0 aromatic heterocycles. The van der Waals surface area contributed by atoms with Crippen molar-refractivity contribution in [1.29, 1.82) is 0 Å². The Morgan fingerprint density at radius 2 is 2.00 bits per heavy atom. The third-order valence-electron chi connectivity index (χ3n) is 2.12. The zero-order valence-electron chi connectivity index (χ0n) is 9.76. The molecule has 0 aliphatic carbocycles. The summed E-state index contributed by atoms with van der Waals surface area (Å²) in [7, 11) is 0. The van der Waals surface area contributed by atoms with E-state index in [1.807, 2.05) is 30.3 Å². The maximum atomic E-state index is 11.6. The van der Waals surface area contributed by atoms with Gasteiger partial charge in [-0.25, -0.2) is 9.69 Å². The van der Waals surface area contributed by atoms with E-state index in [0.29, 0.717) is 0 Å². The fraction of sp³-hybridized carbons (Fsp3) is 0.231. The van der Waals surface area contributed by atoms with Crippen LogP contribution in [0.25, 0.3) is 0 Å². The minimum Gasteiger partial charge on any atom is -0.444 e. The first-order valence-corrected chi connectivity index (χ1v) is 5.25. The average Bonchev–Trinajstić information content (AvgIpc) is 2.34. The van der Waals surface area contributed by atoms with Crippen LogP contribution in [-0.4, -0.2) is 23.4 Å². The second-order valence-corrected chi connectivity index (χ2v) is 3.46. The number of hydrogen-bond acceptors (Lipinski definition) is 3. The number of benzene rings is 1. The molecule has 4 nitrogen and oxygen atoms in total. The van der Waals surface area contributed by atoms with Crippen molar-refractivity contribution in [2.45, 2.75) is 13.5 Å². The first kappa shape index (κ1) is 13.0. The fourth-order valence-corrected chi connectivity index (χ4v) is 1.26. The number of hydrogen-bond donors (Lipinski definition) is 0. The van der Waals surface area contributed by atoms with Gasteiger partial charge in [-0.1, -0.05) is 36.4 Å². The van der Waals surface area contributed by atoms with Crippen LogP contribution in [0.1, 0.15) is 12.5 Å². The fourth-order valence-electron chi connectivity index (χ4n) is 1.26. The van der Waals surface area contributed by atoms with Gasteiger partial charge < -0.3 is 4.74 Å². The lowest BCUT2D eigenvalue weighted by Gasteiger charge is -2.16. The molecule has 17 heavy (non-hydrogen) atoms. The van der Waals surface area contributed by atoms with Crippen molar-refractivity contribution in [2.24, 2.45) is 0 Å². The van der Waals surface area contributed by atoms with Gasteiger partial charge in [-0.2, -0.15) is 0 Å². The van der Waals surface area contributed by atoms with Crippen LogP contribution in [-0.2, 0) is 16.1 Å². The van der Waals surface area contributed by atoms with Crippen LogP contribution < -0.4 is 0 Å². The predicted molar refractivity (Wildman–Crippen MR) is 64.2 cm³/mol. The molecule has 0 unspecified atom stereocenters. The Balaban J connectivity index is 2.53. The largest absolute Gasteiger partial charge is 0.444 e. The Bertz CT molecular complexity index is 400. The molecule has 0 aliphatic rings. The summed E-state index contributed by atoms with van der Waals surface area (Å²) >= 11 is 0. The van der Waals surface area contributed by atoms with Gasteiger partial charge in [0.25, 0.3) is 0 Å². The molecule has 0 atom stereocenters. The zero-order chi connectivity index (χ0) is 12.7. The quantitative estimate of drug-likeness (QED) is 0.750. The molecule has 0 aliphatic heterocycles. The summed E-state index contributed by atoms with van der Waals surface area (Å²) in [5, 5.41) is 0. The Labute approximate surface area is 100 Å². The third-order valence-corrected chi connectivity index (χ3v) is 2.12. The molecule has 0 fully saturated rings. The predicted octanol–water partition coefficient (Wildman–Crippen LogP) is 2.36. The standard InChI is InChI=1S/C13H15NO3/c1-3-9-14(11(2)15)13(16)17-10-12-7-5-4-6-8-12/h3-8H,1,9-10H2,2H3. The summed E-state index contributed by atoms with van der Waals surface area (Å²) in [5.74, 6) is -0.358. The lowest BCUT2D eigenvalue weighted by atomic mass is 10.2. The van der Waals surface area contributed by atoms with E-state index >= 15 is 0 Å². The maximum Gasteiger partial charge on any atom is 0.417 e. The Hall–Kier alpha value is -2.10. The summed E-state index contributed by atoms with van der Waals surface area (Å²) in [5.41, 5.74) is 0.878. The summed E-state index contributed by atoms with van der Waals surface area (Å²) in [6.07, 6.45) is 0.826. The highest BCUT2D eigenvalue weighted by Crippen LogP contribution is 2.03. The molecule has 0 saturated heterocycles. The van der Waals surface area contributed by atoms with Crippen LogP contribution in [0.5, 0.6) is 0 Å². The number of amides is 2. The van der Waals surface area contributed by atoms with Crippen LogP contribution in [0.3, 0.4) is 0 Å². The van der Waals surface area contributed by atoms with Gasteiger partial charge in [-0.05, 0) is 5.56 Å². The van der Waals surface area contributed by atoms with Gasteiger partial charge in [0.1, 0.15) is 6.61 Å². The van der Waals surface area contributed by atoms with Crippen molar-refractivity contribution in [3.05, 3.63) is 48.6 Å². The Morgan fingerprint density at radius 1 is 1.35 bits per heavy atom. The summed E-state index contributed by atoms with van der Waals surface area (Å²) < 4.78 is 5.02. The molecule has 90 valence electrons. The highest BCUT2D eigenvalue weighted by molar-refractivity contribution is 5.90. The van der Waals surface area contributed by atoms with Crippen LogP contribution in [0.4, 0.5) is 4.79 Å². The molecule has 1 rings (SSSR count). The van der Waals surface area contributed by atoms with E-state index in [4.69, 9.17) is 4.74 Å². The van der Waals surface area contributed by atoms with E-state index in [9.17, 15) is 9.59 Å². The zero-order valence-corrected chi connectivity index (χ0v) is 9.76. The van der Waals surface area contributed by atoms with Crippen LogP contribution in [0.15, 0.2) is 43.0 Å². The van der Waals surface area contributed by atoms with E-state index < -0.39 is 6.09 Å². The molecule has 0 saturated carbocycles. The normalized spacial score (nSPS) is 9.47. The molecule has 4 heteroatoms. The van der Waals surface area contributed by atoms with Crippen LogP contribution >= 0.6 is 0 Å². The molecule has 1 aromatic rings. The Morgan fingerprint density at radius 3 is 2.53 bits per heavy atom.